The highest BCUT2D eigenvalue weighted by molar-refractivity contribution is 6.29. The van der Waals surface area contributed by atoms with E-state index in [1.165, 1.54) is 6.07 Å². The smallest absolute Gasteiger partial charge is 0.314 e. The molecular formula is C19H22ClFN6O2. The third-order valence-electron chi connectivity index (χ3n) is 5.32. The molecule has 2 aliphatic heterocycles. The van der Waals surface area contributed by atoms with Gasteiger partial charge in [0.15, 0.2) is 11.0 Å². The Bertz CT molecular complexity index is 991. The Morgan fingerprint density at radius 3 is 2.79 bits per heavy atom. The van der Waals surface area contributed by atoms with Gasteiger partial charge >= 0.3 is 6.03 Å². The van der Waals surface area contributed by atoms with Crippen molar-refractivity contribution in [3.05, 3.63) is 35.0 Å². The summed E-state index contributed by atoms with van der Waals surface area (Å²) in [4.78, 5) is 32.6. The first-order valence-electron chi connectivity index (χ1n) is 9.39. The van der Waals surface area contributed by atoms with Crippen LogP contribution in [0.15, 0.2) is 18.3 Å². The molecule has 2 aliphatic rings. The number of aromatic nitrogens is 3. The fourth-order valence-electron chi connectivity index (χ4n) is 3.85. The minimum atomic E-state index is -0.650. The summed E-state index contributed by atoms with van der Waals surface area (Å²) in [6, 6.07) is 2.00. The van der Waals surface area contributed by atoms with Crippen LogP contribution in [-0.2, 0) is 17.9 Å². The highest BCUT2D eigenvalue weighted by Crippen LogP contribution is 2.36. The summed E-state index contributed by atoms with van der Waals surface area (Å²) in [5, 5.41) is 6.78. The first kappa shape index (κ1) is 19.6. The molecule has 1 saturated heterocycles. The van der Waals surface area contributed by atoms with Gasteiger partial charge in [-0.05, 0) is 24.5 Å². The van der Waals surface area contributed by atoms with E-state index < -0.39 is 5.82 Å². The van der Waals surface area contributed by atoms with Crippen molar-refractivity contribution in [2.45, 2.75) is 46.3 Å². The number of rotatable bonds is 2. The molecule has 154 valence electrons. The SMILES string of the molecule is CC1Cn2ncc(N3CC(C)(C)CC3=O)c2CN1C(=O)Nc1ccc(F)c(Cl)n1. The maximum Gasteiger partial charge on any atom is 0.323 e. The Labute approximate surface area is 172 Å². The average Bonchev–Trinajstić information content (AvgIpc) is 3.15. The van der Waals surface area contributed by atoms with Crippen LogP contribution in [0.5, 0.6) is 0 Å². The predicted molar refractivity (Wildman–Crippen MR) is 106 cm³/mol. The molecule has 0 saturated carbocycles. The predicted octanol–water partition coefficient (Wildman–Crippen LogP) is 3.27. The lowest BCUT2D eigenvalue weighted by Crippen LogP contribution is -2.47. The van der Waals surface area contributed by atoms with E-state index in [2.05, 4.69) is 29.2 Å². The second kappa shape index (κ2) is 6.98. The van der Waals surface area contributed by atoms with Crippen LogP contribution >= 0.6 is 11.6 Å². The molecule has 8 nitrogen and oxygen atoms in total. The molecule has 0 radical (unpaired) electrons. The zero-order chi connectivity index (χ0) is 20.9. The van der Waals surface area contributed by atoms with E-state index in [1.807, 2.05) is 11.6 Å². The number of carbonyl (C=O) groups is 2. The summed E-state index contributed by atoms with van der Waals surface area (Å²) in [5.41, 5.74) is 1.46. The summed E-state index contributed by atoms with van der Waals surface area (Å²) in [5.74, 6) is -0.419. The molecule has 3 amide bonds. The van der Waals surface area contributed by atoms with E-state index in [0.29, 0.717) is 26.1 Å². The summed E-state index contributed by atoms with van der Waals surface area (Å²) in [6.07, 6.45) is 2.18. The summed E-state index contributed by atoms with van der Waals surface area (Å²) >= 11 is 5.69. The summed E-state index contributed by atoms with van der Waals surface area (Å²) in [7, 11) is 0. The van der Waals surface area contributed by atoms with Gasteiger partial charge in [0, 0.05) is 13.0 Å². The van der Waals surface area contributed by atoms with E-state index in [-0.39, 0.29) is 34.4 Å². The fraction of sp³-hybridized carbons (Fsp3) is 0.474. The summed E-state index contributed by atoms with van der Waals surface area (Å²) in [6.45, 7) is 7.45. The molecule has 0 aromatic carbocycles. The molecule has 1 N–H and O–H groups in total. The Hall–Kier alpha value is -2.68. The zero-order valence-corrected chi connectivity index (χ0v) is 17.2. The molecule has 1 atom stereocenters. The molecule has 10 heteroatoms. The van der Waals surface area contributed by atoms with Crippen molar-refractivity contribution in [2.75, 3.05) is 16.8 Å². The number of hydrogen-bond acceptors (Lipinski definition) is 4. The Kier molecular flexibility index (Phi) is 4.72. The Morgan fingerprint density at radius 2 is 2.14 bits per heavy atom. The average molecular weight is 421 g/mol. The summed E-state index contributed by atoms with van der Waals surface area (Å²) < 4.78 is 15.1. The quantitative estimate of drug-likeness (QED) is 0.756. The molecule has 29 heavy (non-hydrogen) atoms. The number of fused-ring (bicyclic) bond motifs is 1. The molecule has 0 bridgehead atoms. The highest BCUT2D eigenvalue weighted by atomic mass is 35.5. The van der Waals surface area contributed by atoms with Crippen molar-refractivity contribution in [2.24, 2.45) is 5.41 Å². The van der Waals surface area contributed by atoms with Crippen LogP contribution in [-0.4, -0.2) is 44.2 Å². The van der Waals surface area contributed by atoms with Crippen molar-refractivity contribution in [3.63, 3.8) is 0 Å². The van der Waals surface area contributed by atoms with Crippen LogP contribution in [0.3, 0.4) is 0 Å². The largest absolute Gasteiger partial charge is 0.323 e. The number of anilines is 2. The number of nitrogens with zero attached hydrogens (tertiary/aromatic N) is 5. The number of amides is 3. The van der Waals surface area contributed by atoms with Gasteiger partial charge in [0.05, 0.1) is 36.7 Å². The molecule has 1 fully saturated rings. The number of pyridine rings is 1. The molecule has 0 aliphatic carbocycles. The van der Waals surface area contributed by atoms with Gasteiger partial charge in [-0.3, -0.25) is 14.8 Å². The van der Waals surface area contributed by atoms with Gasteiger partial charge in [-0.1, -0.05) is 25.4 Å². The van der Waals surface area contributed by atoms with Crippen LogP contribution in [0, 0.1) is 11.2 Å². The van der Waals surface area contributed by atoms with E-state index >= 15 is 0 Å². The van der Waals surface area contributed by atoms with Gasteiger partial charge in [-0.2, -0.15) is 5.10 Å². The van der Waals surface area contributed by atoms with Crippen LogP contribution < -0.4 is 10.2 Å². The number of nitrogens with one attached hydrogen (secondary N) is 1. The van der Waals surface area contributed by atoms with E-state index in [4.69, 9.17) is 11.6 Å². The maximum absolute atomic E-state index is 13.3. The van der Waals surface area contributed by atoms with Crippen molar-refractivity contribution in [1.29, 1.82) is 0 Å². The minimum Gasteiger partial charge on any atom is -0.314 e. The van der Waals surface area contributed by atoms with E-state index in [0.717, 1.165) is 17.4 Å². The topological polar surface area (TPSA) is 83.4 Å². The number of hydrogen-bond donors (Lipinski definition) is 1. The van der Waals surface area contributed by atoms with Gasteiger partial charge in [0.1, 0.15) is 5.82 Å². The lowest BCUT2D eigenvalue weighted by atomic mass is 9.93. The minimum absolute atomic E-state index is 0.0607. The van der Waals surface area contributed by atoms with E-state index in [1.54, 1.807) is 16.0 Å². The molecule has 2 aromatic heterocycles. The highest BCUT2D eigenvalue weighted by Gasteiger charge is 2.39. The number of urea groups is 1. The monoisotopic (exact) mass is 420 g/mol. The molecule has 4 rings (SSSR count). The second-order valence-corrected chi connectivity index (χ2v) is 8.71. The van der Waals surface area contributed by atoms with Crippen molar-refractivity contribution in [1.82, 2.24) is 19.7 Å². The van der Waals surface area contributed by atoms with Crippen LogP contribution in [0.2, 0.25) is 5.15 Å². The molecular weight excluding hydrogens is 399 g/mol. The molecule has 2 aromatic rings. The van der Waals surface area contributed by atoms with Crippen LogP contribution in [0.25, 0.3) is 0 Å². The lowest BCUT2D eigenvalue weighted by molar-refractivity contribution is -0.117. The molecule has 4 heterocycles. The zero-order valence-electron chi connectivity index (χ0n) is 16.4. The van der Waals surface area contributed by atoms with Crippen LogP contribution in [0.4, 0.5) is 20.7 Å². The number of carbonyl (C=O) groups excluding carboxylic acids is 2. The third-order valence-corrected chi connectivity index (χ3v) is 5.59. The Morgan fingerprint density at radius 1 is 1.38 bits per heavy atom. The second-order valence-electron chi connectivity index (χ2n) is 8.36. The van der Waals surface area contributed by atoms with Crippen molar-refractivity contribution in [3.8, 4) is 0 Å². The first-order chi connectivity index (χ1) is 13.6. The molecule has 1 unspecified atom stereocenters. The van der Waals surface area contributed by atoms with Gasteiger partial charge in [0.25, 0.3) is 0 Å². The van der Waals surface area contributed by atoms with E-state index in [9.17, 15) is 14.0 Å². The maximum atomic E-state index is 13.3. The van der Waals surface area contributed by atoms with Gasteiger partial charge in [0.2, 0.25) is 5.91 Å². The lowest BCUT2D eigenvalue weighted by Gasteiger charge is -2.35. The fourth-order valence-corrected chi connectivity index (χ4v) is 4.00. The Balaban J connectivity index is 1.56. The van der Waals surface area contributed by atoms with Crippen LogP contribution in [0.1, 0.15) is 32.9 Å². The van der Waals surface area contributed by atoms with Gasteiger partial charge in [-0.15, -0.1) is 0 Å². The van der Waals surface area contributed by atoms with Gasteiger partial charge < -0.3 is 9.80 Å². The molecule has 0 spiro atoms. The number of halogens is 2. The standard InChI is InChI=1S/C19H22ClFN6O2/c1-11-8-27-14(13(7-22-27)26-10-19(2,3)6-16(26)28)9-25(11)18(29)24-15-5-4-12(21)17(20)23-15/h4-5,7,11H,6,8-10H2,1-3H3,(H,23,24,29). The first-order valence-corrected chi connectivity index (χ1v) is 9.77. The normalized spacial score (nSPS) is 20.7. The van der Waals surface area contributed by atoms with Crippen molar-refractivity contribution < 1.29 is 14.0 Å². The third kappa shape index (κ3) is 3.66. The van der Waals surface area contributed by atoms with Gasteiger partial charge in [-0.25, -0.2) is 14.2 Å². The van der Waals surface area contributed by atoms with Crippen molar-refractivity contribution >= 4 is 35.0 Å².